The third-order valence-corrected chi connectivity index (χ3v) is 5.04. The van der Waals surface area contributed by atoms with Crippen LogP contribution in [0.25, 0.3) is 11.5 Å². The maximum absolute atomic E-state index is 12.9. The van der Waals surface area contributed by atoms with Crippen LogP contribution in [0.1, 0.15) is 24.7 Å². The van der Waals surface area contributed by atoms with Crippen LogP contribution in [-0.4, -0.2) is 28.5 Å². The summed E-state index contributed by atoms with van der Waals surface area (Å²) in [5, 5.41) is 6.85. The highest BCUT2D eigenvalue weighted by atomic mass is 16.5. The Morgan fingerprint density at radius 1 is 1.21 bits per heavy atom. The molecule has 148 valence electrons. The first-order valence-electron chi connectivity index (χ1n) is 9.65. The number of hydrogen-bond donors (Lipinski definition) is 1. The second kappa shape index (κ2) is 7.87. The second-order valence-corrected chi connectivity index (χ2v) is 7.15. The number of anilines is 2. The molecule has 1 N–H and O–H groups in total. The molecule has 2 aromatic carbocycles. The molecule has 4 rings (SSSR count). The van der Waals surface area contributed by atoms with E-state index >= 15 is 0 Å². The maximum atomic E-state index is 12.9. The number of rotatable bonds is 5. The van der Waals surface area contributed by atoms with Gasteiger partial charge in [0.05, 0.1) is 17.2 Å². The molecule has 0 bridgehead atoms. The summed E-state index contributed by atoms with van der Waals surface area (Å²) in [6, 6.07) is 15.0. The molecule has 1 aliphatic rings. The van der Waals surface area contributed by atoms with Crippen LogP contribution in [0.5, 0.6) is 0 Å². The molecule has 2 heterocycles. The number of carbonyl (C=O) groups excluding carboxylic acids is 2. The largest absolute Gasteiger partial charge is 0.334 e. The predicted molar refractivity (Wildman–Crippen MR) is 109 cm³/mol. The first-order valence-corrected chi connectivity index (χ1v) is 9.65. The molecule has 0 radical (unpaired) electrons. The van der Waals surface area contributed by atoms with E-state index < -0.39 is 5.92 Å². The lowest BCUT2D eigenvalue weighted by Gasteiger charge is -2.17. The quantitative estimate of drug-likeness (QED) is 0.719. The number of para-hydroxylation sites is 1. The van der Waals surface area contributed by atoms with Gasteiger partial charge in [0.2, 0.25) is 11.8 Å². The fourth-order valence-corrected chi connectivity index (χ4v) is 3.38. The number of hydrogen-bond acceptors (Lipinski definition) is 5. The molecule has 29 heavy (non-hydrogen) atoms. The molecule has 1 atom stereocenters. The average Bonchev–Trinajstić information content (AvgIpc) is 3.36. The summed E-state index contributed by atoms with van der Waals surface area (Å²) in [7, 11) is 0. The molecular formula is C22H22N4O3. The van der Waals surface area contributed by atoms with Gasteiger partial charge in [0.25, 0.3) is 5.89 Å². The third-order valence-electron chi connectivity index (χ3n) is 5.04. The number of aromatic nitrogens is 2. The third kappa shape index (κ3) is 3.89. The van der Waals surface area contributed by atoms with Gasteiger partial charge in [-0.2, -0.15) is 4.98 Å². The van der Waals surface area contributed by atoms with Crippen molar-refractivity contribution in [2.24, 2.45) is 5.92 Å². The number of aryl methyl sites for hydroxylation is 2. The molecule has 1 aromatic heterocycles. The zero-order chi connectivity index (χ0) is 20.4. The Bertz CT molecular complexity index is 1040. The summed E-state index contributed by atoms with van der Waals surface area (Å²) in [4.78, 5) is 31.4. The molecule has 7 nitrogen and oxygen atoms in total. The van der Waals surface area contributed by atoms with Gasteiger partial charge in [0.15, 0.2) is 5.82 Å². The minimum absolute atomic E-state index is 0.0493. The van der Waals surface area contributed by atoms with Gasteiger partial charge in [-0.25, -0.2) is 0 Å². The standard InChI is InChI=1S/C22H22N4O3/c1-3-19-24-22(29-25-19)17-6-4-5-7-18(17)23-21(28)15-12-20(27)26(13-15)16-10-8-14(2)9-11-16/h4-11,15H,3,12-13H2,1-2H3,(H,23,28)/t15-/m1/s1. The zero-order valence-electron chi connectivity index (χ0n) is 16.4. The fourth-order valence-electron chi connectivity index (χ4n) is 3.38. The van der Waals surface area contributed by atoms with Crippen LogP contribution in [0.4, 0.5) is 11.4 Å². The highest BCUT2D eigenvalue weighted by molar-refractivity contribution is 6.04. The Hall–Kier alpha value is -3.48. The normalized spacial score (nSPS) is 16.3. The van der Waals surface area contributed by atoms with Crippen LogP contribution in [0.15, 0.2) is 53.1 Å². The molecule has 1 fully saturated rings. The average molecular weight is 390 g/mol. The van der Waals surface area contributed by atoms with Crippen LogP contribution in [0.2, 0.25) is 0 Å². The highest BCUT2D eigenvalue weighted by Crippen LogP contribution is 2.29. The Morgan fingerprint density at radius 2 is 1.97 bits per heavy atom. The minimum atomic E-state index is -0.425. The molecule has 0 aliphatic carbocycles. The van der Waals surface area contributed by atoms with E-state index in [2.05, 4.69) is 15.5 Å². The summed E-state index contributed by atoms with van der Waals surface area (Å²) in [6.07, 6.45) is 0.847. The Labute approximate surface area is 168 Å². The van der Waals surface area contributed by atoms with Crippen molar-refractivity contribution in [3.8, 4) is 11.5 Å². The van der Waals surface area contributed by atoms with E-state index in [9.17, 15) is 9.59 Å². The lowest BCUT2D eigenvalue weighted by Crippen LogP contribution is -2.28. The number of nitrogens with zero attached hydrogens (tertiary/aromatic N) is 3. The first kappa shape index (κ1) is 18.9. The van der Waals surface area contributed by atoms with Crippen LogP contribution >= 0.6 is 0 Å². The van der Waals surface area contributed by atoms with E-state index in [4.69, 9.17) is 4.52 Å². The number of carbonyl (C=O) groups is 2. The molecule has 0 unspecified atom stereocenters. The van der Waals surface area contributed by atoms with Crippen molar-refractivity contribution in [1.82, 2.24) is 10.1 Å². The molecule has 1 aliphatic heterocycles. The van der Waals surface area contributed by atoms with Gasteiger partial charge in [-0.3, -0.25) is 9.59 Å². The van der Waals surface area contributed by atoms with Gasteiger partial charge in [-0.1, -0.05) is 41.9 Å². The Kier molecular flexibility index (Phi) is 5.12. The van der Waals surface area contributed by atoms with Gasteiger partial charge in [0.1, 0.15) is 0 Å². The summed E-state index contributed by atoms with van der Waals surface area (Å²) in [5.41, 5.74) is 3.19. The van der Waals surface area contributed by atoms with E-state index in [0.717, 1.165) is 11.3 Å². The summed E-state index contributed by atoms with van der Waals surface area (Å²) in [6.45, 7) is 4.30. The molecule has 0 saturated carbocycles. The van der Waals surface area contributed by atoms with Crippen LogP contribution in [0, 0.1) is 12.8 Å². The topological polar surface area (TPSA) is 88.3 Å². The lowest BCUT2D eigenvalue weighted by atomic mass is 10.1. The maximum Gasteiger partial charge on any atom is 0.260 e. The van der Waals surface area contributed by atoms with Crippen LogP contribution < -0.4 is 10.2 Å². The van der Waals surface area contributed by atoms with E-state index in [-0.39, 0.29) is 18.2 Å². The molecular weight excluding hydrogens is 368 g/mol. The van der Waals surface area contributed by atoms with Crippen molar-refractivity contribution in [1.29, 1.82) is 0 Å². The molecule has 3 aromatic rings. The van der Waals surface area contributed by atoms with E-state index in [0.29, 0.717) is 35.9 Å². The zero-order valence-corrected chi connectivity index (χ0v) is 16.4. The highest BCUT2D eigenvalue weighted by Gasteiger charge is 2.35. The van der Waals surface area contributed by atoms with Crippen molar-refractivity contribution in [2.45, 2.75) is 26.7 Å². The second-order valence-electron chi connectivity index (χ2n) is 7.15. The number of benzene rings is 2. The van der Waals surface area contributed by atoms with E-state index in [1.807, 2.05) is 56.3 Å². The van der Waals surface area contributed by atoms with Gasteiger partial charge in [0, 0.05) is 25.1 Å². The predicted octanol–water partition coefficient (Wildman–Crippen LogP) is 3.60. The number of amides is 2. The van der Waals surface area contributed by atoms with Crippen molar-refractivity contribution in [3.05, 3.63) is 59.9 Å². The minimum Gasteiger partial charge on any atom is -0.334 e. The Morgan fingerprint density at radius 3 is 2.69 bits per heavy atom. The van der Waals surface area contributed by atoms with Crippen LogP contribution in [0.3, 0.4) is 0 Å². The summed E-state index contributed by atoms with van der Waals surface area (Å²) in [5.74, 6) is 0.297. The smallest absolute Gasteiger partial charge is 0.260 e. The van der Waals surface area contributed by atoms with Gasteiger partial charge in [-0.05, 0) is 31.2 Å². The van der Waals surface area contributed by atoms with Crippen molar-refractivity contribution in [3.63, 3.8) is 0 Å². The van der Waals surface area contributed by atoms with Crippen molar-refractivity contribution < 1.29 is 14.1 Å². The van der Waals surface area contributed by atoms with Crippen LogP contribution in [-0.2, 0) is 16.0 Å². The SMILES string of the molecule is CCc1noc(-c2ccccc2NC(=O)[C@@H]2CC(=O)N(c3ccc(C)cc3)C2)n1. The van der Waals surface area contributed by atoms with Gasteiger partial charge < -0.3 is 14.7 Å². The lowest BCUT2D eigenvalue weighted by molar-refractivity contribution is -0.122. The van der Waals surface area contributed by atoms with Crippen molar-refractivity contribution >= 4 is 23.2 Å². The van der Waals surface area contributed by atoms with Crippen molar-refractivity contribution in [2.75, 3.05) is 16.8 Å². The number of nitrogens with one attached hydrogen (secondary N) is 1. The molecule has 7 heteroatoms. The summed E-state index contributed by atoms with van der Waals surface area (Å²) >= 11 is 0. The van der Waals surface area contributed by atoms with Gasteiger partial charge >= 0.3 is 0 Å². The molecule has 1 saturated heterocycles. The van der Waals surface area contributed by atoms with E-state index in [1.54, 1.807) is 11.0 Å². The van der Waals surface area contributed by atoms with Gasteiger partial charge in [-0.15, -0.1) is 0 Å². The van der Waals surface area contributed by atoms with E-state index in [1.165, 1.54) is 0 Å². The first-order chi connectivity index (χ1) is 14.0. The fraction of sp³-hybridized carbons (Fsp3) is 0.273. The summed E-state index contributed by atoms with van der Waals surface area (Å²) < 4.78 is 5.32. The molecule has 0 spiro atoms. The Balaban J connectivity index is 1.50. The molecule has 2 amide bonds. The monoisotopic (exact) mass is 390 g/mol.